The molecule has 1 aliphatic rings. The van der Waals surface area contributed by atoms with E-state index < -0.39 is 0 Å². The van der Waals surface area contributed by atoms with E-state index in [1.54, 1.807) is 24.4 Å². The molecule has 1 saturated carbocycles. The van der Waals surface area contributed by atoms with Crippen molar-refractivity contribution in [1.82, 2.24) is 10.3 Å². The topological polar surface area (TPSA) is 27.8 Å². The number of hydrogen-bond donors (Lipinski definition) is 2. The maximum Gasteiger partial charge on any atom is 0.147 e. The predicted molar refractivity (Wildman–Crippen MR) is 143 cm³/mol. The van der Waals surface area contributed by atoms with Crippen LogP contribution in [0.25, 0.3) is 22.2 Å². The van der Waals surface area contributed by atoms with Gasteiger partial charge >= 0.3 is 0 Å². The van der Waals surface area contributed by atoms with Crippen LogP contribution in [0.3, 0.4) is 0 Å². The summed E-state index contributed by atoms with van der Waals surface area (Å²) in [7, 11) is 1.81. The lowest BCUT2D eigenvalue weighted by Crippen LogP contribution is -2.22. The Bertz CT molecular complexity index is 1280. The van der Waals surface area contributed by atoms with Gasteiger partial charge in [0.1, 0.15) is 11.6 Å². The molecule has 0 aliphatic heterocycles. The number of fused-ring (bicyclic) bond motifs is 1. The fourth-order valence-corrected chi connectivity index (χ4v) is 5.01. The number of nitrogens with one attached hydrogen (secondary N) is 2. The molecule has 1 fully saturated rings. The highest BCUT2D eigenvalue weighted by Gasteiger charge is 2.34. The number of H-pyrrole nitrogens is 1. The van der Waals surface area contributed by atoms with Gasteiger partial charge in [0.2, 0.25) is 0 Å². The Labute approximate surface area is 207 Å². The average Bonchev–Trinajstić information content (AvgIpc) is 3.19. The van der Waals surface area contributed by atoms with Crippen LogP contribution < -0.4 is 5.32 Å². The zero-order chi connectivity index (χ0) is 24.9. The second-order valence-corrected chi connectivity index (χ2v) is 9.64. The third kappa shape index (κ3) is 5.64. The minimum Gasteiger partial charge on any atom is -0.394 e. The van der Waals surface area contributed by atoms with Crippen molar-refractivity contribution in [3.8, 4) is 11.3 Å². The summed E-state index contributed by atoms with van der Waals surface area (Å²) < 4.78 is 28.2. The normalized spacial score (nSPS) is 16.8. The van der Waals surface area contributed by atoms with E-state index in [-0.39, 0.29) is 11.6 Å². The molecule has 0 radical (unpaired) electrons. The predicted octanol–water partition coefficient (Wildman–Crippen LogP) is 8.21. The number of rotatable bonds is 6. The second kappa shape index (κ2) is 10.9. The molecule has 0 saturated heterocycles. The first-order valence-corrected chi connectivity index (χ1v) is 12.3. The lowest BCUT2D eigenvalue weighted by atomic mass is 9.68. The van der Waals surface area contributed by atoms with E-state index in [4.69, 9.17) is 0 Å². The quantitative estimate of drug-likeness (QED) is 0.291. The van der Waals surface area contributed by atoms with E-state index >= 15 is 0 Å². The van der Waals surface area contributed by atoms with Gasteiger partial charge in [0, 0.05) is 12.4 Å². The lowest BCUT2D eigenvalue weighted by molar-refractivity contribution is 0.250. The lowest BCUT2D eigenvalue weighted by Gasteiger charge is -2.36. The Morgan fingerprint density at radius 2 is 1.63 bits per heavy atom. The van der Waals surface area contributed by atoms with Gasteiger partial charge in [0.25, 0.3) is 0 Å². The molecular formula is C31H34F2N2. The molecule has 1 aromatic heterocycles. The maximum atomic E-state index is 14.7. The van der Waals surface area contributed by atoms with Crippen molar-refractivity contribution in [1.29, 1.82) is 0 Å². The Morgan fingerprint density at radius 3 is 2.26 bits per heavy atom. The molecule has 182 valence electrons. The van der Waals surface area contributed by atoms with Gasteiger partial charge in [-0.2, -0.15) is 0 Å². The summed E-state index contributed by atoms with van der Waals surface area (Å²) in [6, 6.07) is 19.0. The molecule has 3 aromatic carbocycles. The largest absolute Gasteiger partial charge is 0.394 e. The summed E-state index contributed by atoms with van der Waals surface area (Å²) in [4.78, 5) is 3.33. The molecule has 4 aromatic rings. The third-order valence-electron chi connectivity index (χ3n) is 6.99. The van der Waals surface area contributed by atoms with E-state index in [9.17, 15) is 8.78 Å². The van der Waals surface area contributed by atoms with Crippen LogP contribution >= 0.6 is 0 Å². The molecule has 1 aliphatic carbocycles. The highest BCUT2D eigenvalue weighted by atomic mass is 19.1. The molecular weight excluding hydrogens is 438 g/mol. The Hall–Kier alpha value is -3.40. The maximum absolute atomic E-state index is 14.7. The van der Waals surface area contributed by atoms with Crippen molar-refractivity contribution < 1.29 is 8.78 Å². The number of aryl methyl sites for hydroxylation is 3. The van der Waals surface area contributed by atoms with Crippen LogP contribution in [-0.4, -0.2) is 12.0 Å². The van der Waals surface area contributed by atoms with Gasteiger partial charge in [0.05, 0.1) is 11.2 Å². The molecule has 0 spiro atoms. The van der Waals surface area contributed by atoms with E-state index in [0.717, 1.165) is 41.5 Å². The zero-order valence-electron chi connectivity index (χ0n) is 20.8. The van der Waals surface area contributed by atoms with Crippen molar-refractivity contribution in [3.63, 3.8) is 0 Å². The van der Waals surface area contributed by atoms with E-state index in [2.05, 4.69) is 54.1 Å². The molecule has 0 atom stereocenters. The van der Waals surface area contributed by atoms with Crippen molar-refractivity contribution in [3.05, 3.63) is 107 Å². The number of hydrogen-bond acceptors (Lipinski definition) is 1. The number of halogens is 2. The van der Waals surface area contributed by atoms with Crippen molar-refractivity contribution in [2.24, 2.45) is 5.92 Å². The SMILES string of the molecule is C=CNC.Cc1ccc(CCC2CC(c3c(-c4ccc(F)cc4)[nH]c4c(F)cc(C)cc34)C2)cc1. The molecule has 2 nitrogen and oxygen atoms in total. The fraction of sp³-hybridized carbons (Fsp3) is 0.290. The van der Waals surface area contributed by atoms with E-state index in [1.165, 1.54) is 35.2 Å². The summed E-state index contributed by atoms with van der Waals surface area (Å²) in [6.45, 7) is 7.42. The monoisotopic (exact) mass is 472 g/mol. The average molecular weight is 473 g/mol. The number of benzene rings is 3. The van der Waals surface area contributed by atoms with Crippen LogP contribution in [0.15, 0.2) is 73.4 Å². The minimum atomic E-state index is -0.261. The third-order valence-corrected chi connectivity index (χ3v) is 6.99. The second-order valence-electron chi connectivity index (χ2n) is 9.64. The first-order chi connectivity index (χ1) is 16.9. The van der Waals surface area contributed by atoms with Gasteiger partial charge in [-0.3, -0.25) is 0 Å². The Morgan fingerprint density at radius 1 is 0.971 bits per heavy atom. The number of aromatic nitrogens is 1. The zero-order valence-corrected chi connectivity index (χ0v) is 20.8. The van der Waals surface area contributed by atoms with Crippen LogP contribution in [0.4, 0.5) is 8.78 Å². The van der Waals surface area contributed by atoms with Crippen LogP contribution in [0.5, 0.6) is 0 Å². The first kappa shape index (κ1) is 24.7. The highest BCUT2D eigenvalue weighted by molar-refractivity contribution is 5.92. The molecule has 0 bridgehead atoms. The summed E-state index contributed by atoms with van der Waals surface area (Å²) >= 11 is 0. The van der Waals surface area contributed by atoms with Crippen LogP contribution in [0.1, 0.15) is 47.4 Å². The summed E-state index contributed by atoms with van der Waals surface area (Å²) in [5, 5.41) is 3.67. The van der Waals surface area contributed by atoms with Crippen LogP contribution in [-0.2, 0) is 6.42 Å². The molecule has 5 rings (SSSR count). The minimum absolute atomic E-state index is 0.222. The summed E-state index contributed by atoms with van der Waals surface area (Å²) in [6.07, 6.45) is 6.14. The van der Waals surface area contributed by atoms with Crippen molar-refractivity contribution in [2.45, 2.75) is 45.4 Å². The first-order valence-electron chi connectivity index (χ1n) is 12.3. The molecule has 35 heavy (non-hydrogen) atoms. The molecule has 0 amide bonds. The number of aromatic amines is 1. The molecule has 1 heterocycles. The standard InChI is InChI=1S/C28H27F2N.C3H7N/c1-17-3-5-19(6-4-17)7-8-20-15-22(16-20)26-24-13-18(2)14-25(30)28(24)31-27(26)21-9-11-23(29)12-10-21;1-3-4-2/h3-6,9-14,20,22,31H,7-8,15-16H2,1-2H3;3-4H,1H2,2H3. The van der Waals surface area contributed by atoms with Gasteiger partial charge < -0.3 is 10.3 Å². The van der Waals surface area contributed by atoms with Gasteiger partial charge in [-0.25, -0.2) is 8.78 Å². The smallest absolute Gasteiger partial charge is 0.147 e. The highest BCUT2D eigenvalue weighted by Crippen LogP contribution is 2.49. The van der Waals surface area contributed by atoms with Crippen molar-refractivity contribution in [2.75, 3.05) is 7.05 Å². The van der Waals surface area contributed by atoms with E-state index in [0.29, 0.717) is 17.4 Å². The van der Waals surface area contributed by atoms with Gasteiger partial charge in [0.15, 0.2) is 0 Å². The molecule has 2 N–H and O–H groups in total. The van der Waals surface area contributed by atoms with Gasteiger partial charge in [-0.15, -0.1) is 0 Å². The van der Waals surface area contributed by atoms with E-state index in [1.807, 2.05) is 14.0 Å². The Balaban J connectivity index is 0.000000672. The van der Waals surface area contributed by atoms with Gasteiger partial charge in [-0.1, -0.05) is 36.4 Å². The summed E-state index contributed by atoms with van der Waals surface area (Å²) in [5.41, 5.74) is 7.20. The van der Waals surface area contributed by atoms with Crippen LogP contribution in [0.2, 0.25) is 0 Å². The van der Waals surface area contributed by atoms with Crippen molar-refractivity contribution >= 4 is 10.9 Å². The molecule has 0 unspecified atom stereocenters. The van der Waals surface area contributed by atoms with Gasteiger partial charge in [-0.05, 0) is 116 Å². The molecule has 4 heteroatoms. The fourth-order valence-electron chi connectivity index (χ4n) is 5.01. The van der Waals surface area contributed by atoms with Crippen LogP contribution in [0, 0.1) is 31.4 Å². The Kier molecular flexibility index (Phi) is 7.70. The summed E-state index contributed by atoms with van der Waals surface area (Å²) in [5.74, 6) is 0.605.